The largest absolute Gasteiger partial charge is 0.399 e. The van der Waals surface area contributed by atoms with Crippen LogP contribution in [0.15, 0.2) is 53.3 Å². The summed E-state index contributed by atoms with van der Waals surface area (Å²) < 4.78 is 5.23. The predicted molar refractivity (Wildman–Crippen MR) is 71.2 cm³/mol. The highest BCUT2D eigenvalue weighted by Crippen LogP contribution is 2.19. The molecule has 0 aliphatic heterocycles. The van der Waals surface area contributed by atoms with Crippen LogP contribution >= 0.6 is 0 Å². The van der Waals surface area contributed by atoms with Crippen LogP contribution in [0.4, 0.5) is 5.69 Å². The number of hydrogen-bond acceptors (Lipinski definition) is 5. The topological polar surface area (TPSA) is 77.8 Å². The Labute approximate surface area is 110 Å². The molecule has 2 N–H and O–H groups in total. The second kappa shape index (κ2) is 4.89. The average Bonchev–Trinajstić information content (AvgIpc) is 2.88. The van der Waals surface area contributed by atoms with Crippen LogP contribution in [0, 0.1) is 0 Å². The predicted octanol–water partition coefficient (Wildman–Crippen LogP) is 2.30. The monoisotopic (exact) mass is 252 g/mol. The minimum Gasteiger partial charge on any atom is -0.399 e. The van der Waals surface area contributed by atoms with Crippen LogP contribution in [-0.2, 0) is 6.42 Å². The minimum atomic E-state index is 0.547. The number of nitrogens with zero attached hydrogens (tertiary/aromatic N) is 3. The van der Waals surface area contributed by atoms with Gasteiger partial charge in [0.2, 0.25) is 11.7 Å². The molecular weight excluding hydrogens is 240 g/mol. The minimum absolute atomic E-state index is 0.547. The Morgan fingerprint density at radius 3 is 2.89 bits per heavy atom. The zero-order chi connectivity index (χ0) is 13.1. The summed E-state index contributed by atoms with van der Waals surface area (Å²) in [6.45, 7) is 0. The second-order valence-electron chi connectivity index (χ2n) is 4.18. The van der Waals surface area contributed by atoms with Crippen molar-refractivity contribution < 1.29 is 4.52 Å². The smallest absolute Gasteiger partial charge is 0.231 e. The highest BCUT2D eigenvalue weighted by molar-refractivity contribution is 5.60. The van der Waals surface area contributed by atoms with E-state index in [4.69, 9.17) is 10.3 Å². The van der Waals surface area contributed by atoms with E-state index >= 15 is 0 Å². The van der Waals surface area contributed by atoms with Crippen molar-refractivity contribution in [3.8, 4) is 11.4 Å². The molecule has 1 aromatic carbocycles. The maximum Gasteiger partial charge on any atom is 0.231 e. The number of pyridine rings is 1. The van der Waals surface area contributed by atoms with Crippen molar-refractivity contribution in [3.63, 3.8) is 0 Å². The fourth-order valence-electron chi connectivity index (χ4n) is 1.80. The number of hydrogen-bond donors (Lipinski definition) is 1. The zero-order valence-electron chi connectivity index (χ0n) is 10.2. The number of rotatable bonds is 3. The Bertz CT molecular complexity index is 679. The first kappa shape index (κ1) is 11.4. The van der Waals surface area contributed by atoms with Crippen molar-refractivity contribution in [2.45, 2.75) is 6.42 Å². The summed E-state index contributed by atoms with van der Waals surface area (Å²) in [7, 11) is 0. The van der Waals surface area contributed by atoms with Crippen LogP contribution in [-0.4, -0.2) is 15.1 Å². The molecule has 0 bridgehead atoms. The quantitative estimate of drug-likeness (QED) is 0.724. The van der Waals surface area contributed by atoms with Crippen molar-refractivity contribution in [3.05, 3.63) is 60.2 Å². The van der Waals surface area contributed by atoms with Gasteiger partial charge in [-0.3, -0.25) is 4.98 Å². The van der Waals surface area contributed by atoms with Crippen molar-refractivity contribution >= 4 is 5.69 Å². The summed E-state index contributed by atoms with van der Waals surface area (Å²) >= 11 is 0. The number of nitrogen functional groups attached to an aromatic ring is 1. The van der Waals surface area contributed by atoms with Gasteiger partial charge in [0.05, 0.1) is 6.42 Å². The van der Waals surface area contributed by atoms with E-state index in [1.807, 2.05) is 36.4 Å². The molecule has 5 nitrogen and oxygen atoms in total. The zero-order valence-corrected chi connectivity index (χ0v) is 10.2. The van der Waals surface area contributed by atoms with Gasteiger partial charge in [0.25, 0.3) is 0 Å². The summed E-state index contributed by atoms with van der Waals surface area (Å²) in [5.41, 5.74) is 8.29. The van der Waals surface area contributed by atoms with Crippen molar-refractivity contribution in [1.29, 1.82) is 0 Å². The maximum absolute atomic E-state index is 5.73. The van der Waals surface area contributed by atoms with Gasteiger partial charge < -0.3 is 10.3 Å². The SMILES string of the molecule is Nc1cccc(-c2noc(Cc3cccnc3)n2)c1. The Morgan fingerprint density at radius 1 is 1.16 bits per heavy atom. The van der Waals surface area contributed by atoms with E-state index in [1.165, 1.54) is 0 Å². The van der Waals surface area contributed by atoms with E-state index in [0.717, 1.165) is 11.1 Å². The fourth-order valence-corrected chi connectivity index (χ4v) is 1.80. The lowest BCUT2D eigenvalue weighted by Gasteiger charge is -1.95. The molecule has 0 radical (unpaired) electrons. The summed E-state index contributed by atoms with van der Waals surface area (Å²) in [6.07, 6.45) is 4.09. The van der Waals surface area contributed by atoms with Crippen LogP contribution in [0.2, 0.25) is 0 Å². The summed E-state index contributed by atoms with van der Waals surface area (Å²) in [5, 5.41) is 3.96. The lowest BCUT2D eigenvalue weighted by molar-refractivity contribution is 0.385. The van der Waals surface area contributed by atoms with Crippen molar-refractivity contribution in [1.82, 2.24) is 15.1 Å². The fraction of sp³-hybridized carbons (Fsp3) is 0.0714. The molecule has 0 saturated carbocycles. The summed E-state index contributed by atoms with van der Waals surface area (Å²) in [4.78, 5) is 8.41. The molecule has 0 aliphatic carbocycles. The van der Waals surface area contributed by atoms with E-state index in [0.29, 0.717) is 23.8 Å². The molecule has 0 fully saturated rings. The third kappa shape index (κ3) is 2.60. The van der Waals surface area contributed by atoms with Crippen molar-refractivity contribution in [2.75, 3.05) is 5.73 Å². The molecule has 0 saturated heterocycles. The second-order valence-corrected chi connectivity index (χ2v) is 4.18. The van der Waals surface area contributed by atoms with Crippen LogP contribution in [0.25, 0.3) is 11.4 Å². The highest BCUT2D eigenvalue weighted by atomic mass is 16.5. The standard InChI is InChI=1S/C14H12N4O/c15-12-5-1-4-11(8-12)14-17-13(19-18-14)7-10-3-2-6-16-9-10/h1-6,8-9H,7,15H2. The third-order valence-corrected chi connectivity index (χ3v) is 2.69. The normalized spacial score (nSPS) is 10.5. The first-order chi connectivity index (χ1) is 9.31. The van der Waals surface area contributed by atoms with Gasteiger partial charge in [-0.2, -0.15) is 4.98 Å². The first-order valence-corrected chi connectivity index (χ1v) is 5.89. The number of nitrogens with two attached hydrogens (primary N) is 1. The van der Waals surface area contributed by atoms with Gasteiger partial charge in [0, 0.05) is 23.6 Å². The lowest BCUT2D eigenvalue weighted by atomic mass is 10.2. The van der Waals surface area contributed by atoms with Gasteiger partial charge >= 0.3 is 0 Å². The molecule has 94 valence electrons. The van der Waals surface area contributed by atoms with E-state index < -0.39 is 0 Å². The molecular formula is C14H12N4O. The van der Waals surface area contributed by atoms with Gasteiger partial charge in [0.15, 0.2) is 0 Å². The first-order valence-electron chi connectivity index (χ1n) is 5.89. The van der Waals surface area contributed by atoms with E-state index in [9.17, 15) is 0 Å². The van der Waals surface area contributed by atoms with Crippen LogP contribution in [0.3, 0.4) is 0 Å². The van der Waals surface area contributed by atoms with Crippen LogP contribution < -0.4 is 5.73 Å². The summed E-state index contributed by atoms with van der Waals surface area (Å²) in [5.74, 6) is 1.11. The average molecular weight is 252 g/mol. The number of aromatic nitrogens is 3. The maximum atomic E-state index is 5.73. The van der Waals surface area contributed by atoms with Gasteiger partial charge in [-0.05, 0) is 23.8 Å². The molecule has 0 amide bonds. The molecule has 0 spiro atoms. The third-order valence-electron chi connectivity index (χ3n) is 2.69. The molecule has 3 rings (SSSR count). The molecule has 2 heterocycles. The highest BCUT2D eigenvalue weighted by Gasteiger charge is 2.09. The number of benzene rings is 1. The lowest BCUT2D eigenvalue weighted by Crippen LogP contribution is -1.89. The summed E-state index contributed by atoms with van der Waals surface area (Å²) in [6, 6.07) is 11.2. The van der Waals surface area contributed by atoms with Crippen LogP contribution in [0.1, 0.15) is 11.5 Å². The van der Waals surface area contributed by atoms with E-state index in [-0.39, 0.29) is 0 Å². The van der Waals surface area contributed by atoms with Crippen LogP contribution in [0.5, 0.6) is 0 Å². The molecule has 5 heteroatoms. The van der Waals surface area contributed by atoms with Gasteiger partial charge in [-0.25, -0.2) is 0 Å². The van der Waals surface area contributed by atoms with Gasteiger partial charge in [0.1, 0.15) is 0 Å². The van der Waals surface area contributed by atoms with E-state index in [2.05, 4.69) is 15.1 Å². The molecule has 0 aliphatic rings. The Balaban J connectivity index is 1.84. The van der Waals surface area contributed by atoms with Gasteiger partial charge in [-0.15, -0.1) is 0 Å². The molecule has 3 aromatic rings. The Hall–Kier alpha value is -2.69. The molecule has 0 atom stereocenters. The molecule has 0 unspecified atom stereocenters. The van der Waals surface area contributed by atoms with E-state index in [1.54, 1.807) is 12.4 Å². The van der Waals surface area contributed by atoms with Crippen molar-refractivity contribution in [2.24, 2.45) is 0 Å². The molecule has 19 heavy (non-hydrogen) atoms. The Kier molecular flexibility index (Phi) is 2.94. The van der Waals surface area contributed by atoms with Gasteiger partial charge in [-0.1, -0.05) is 23.4 Å². The molecule has 2 aromatic heterocycles. The Morgan fingerprint density at radius 2 is 2.11 bits per heavy atom. The number of anilines is 1.